The molecule has 0 saturated carbocycles. The molecule has 4 aromatic rings. The second kappa shape index (κ2) is 10.4. The van der Waals surface area contributed by atoms with Crippen LogP contribution in [-0.4, -0.2) is 35.5 Å². The molecule has 8 heteroatoms. The lowest BCUT2D eigenvalue weighted by atomic mass is 10.1. The molecule has 3 aromatic carbocycles. The van der Waals surface area contributed by atoms with Crippen LogP contribution in [0.15, 0.2) is 65.5 Å². The molecule has 0 unspecified atom stereocenters. The molecule has 0 saturated heterocycles. The predicted octanol–water partition coefficient (Wildman–Crippen LogP) is 3.38. The number of ether oxygens (including phenoxy) is 1. The second-order valence-corrected chi connectivity index (χ2v) is 8.71. The average Bonchev–Trinajstić information content (AvgIpc) is 2.86. The molecule has 0 aliphatic rings. The average molecular weight is 486 g/mol. The summed E-state index contributed by atoms with van der Waals surface area (Å²) in [4.78, 5) is 49.9. The number of rotatable bonds is 7. The van der Waals surface area contributed by atoms with E-state index in [2.05, 4.69) is 10.6 Å². The summed E-state index contributed by atoms with van der Waals surface area (Å²) in [6.45, 7) is 4.84. The number of amides is 2. The third-order valence-electron chi connectivity index (χ3n) is 5.92. The fraction of sp³-hybridized carbons (Fsp3) is 0.214. The highest BCUT2D eigenvalue weighted by atomic mass is 16.5. The fourth-order valence-corrected chi connectivity index (χ4v) is 4.36. The third-order valence-corrected chi connectivity index (χ3v) is 5.92. The van der Waals surface area contributed by atoms with Gasteiger partial charge in [0.1, 0.15) is 6.54 Å². The summed E-state index contributed by atoms with van der Waals surface area (Å²) in [7, 11) is 0. The Balaban J connectivity index is 1.36. The van der Waals surface area contributed by atoms with Gasteiger partial charge in [-0.05, 0) is 56.2 Å². The highest BCUT2D eigenvalue weighted by molar-refractivity contribution is 5.96. The zero-order valence-corrected chi connectivity index (χ0v) is 20.4. The van der Waals surface area contributed by atoms with Crippen LogP contribution in [0.3, 0.4) is 0 Å². The van der Waals surface area contributed by atoms with Crippen molar-refractivity contribution in [3.8, 4) is 0 Å². The zero-order chi connectivity index (χ0) is 25.8. The van der Waals surface area contributed by atoms with Crippen LogP contribution in [0.25, 0.3) is 21.8 Å². The largest absolute Gasteiger partial charge is 0.454 e. The molecule has 0 atom stereocenters. The maximum atomic E-state index is 12.8. The van der Waals surface area contributed by atoms with Crippen molar-refractivity contribution in [3.63, 3.8) is 0 Å². The number of pyridine rings is 1. The van der Waals surface area contributed by atoms with Gasteiger partial charge >= 0.3 is 5.97 Å². The highest BCUT2D eigenvalue weighted by Crippen LogP contribution is 2.22. The number of nitrogens with one attached hydrogen (secondary N) is 2. The normalized spacial score (nSPS) is 10.9. The van der Waals surface area contributed by atoms with Crippen molar-refractivity contribution in [1.29, 1.82) is 0 Å². The van der Waals surface area contributed by atoms with E-state index in [9.17, 15) is 19.2 Å². The Hall–Kier alpha value is -4.46. The lowest BCUT2D eigenvalue weighted by molar-refractivity contribution is -0.149. The monoisotopic (exact) mass is 485 g/mol. The van der Waals surface area contributed by atoms with Crippen molar-refractivity contribution in [1.82, 2.24) is 9.88 Å². The van der Waals surface area contributed by atoms with Crippen molar-refractivity contribution >= 4 is 45.3 Å². The van der Waals surface area contributed by atoms with Gasteiger partial charge in [0, 0.05) is 16.5 Å². The minimum Gasteiger partial charge on any atom is -0.454 e. The number of aryl methyl sites for hydroxylation is 3. The van der Waals surface area contributed by atoms with E-state index in [-0.39, 0.29) is 24.4 Å². The van der Waals surface area contributed by atoms with Gasteiger partial charge in [-0.2, -0.15) is 0 Å². The smallest absolute Gasteiger partial charge is 0.326 e. The number of hydrogen-bond donors (Lipinski definition) is 2. The molecule has 184 valence electrons. The van der Waals surface area contributed by atoms with E-state index >= 15 is 0 Å². The number of anilines is 1. The Morgan fingerprint density at radius 3 is 1.97 bits per heavy atom. The van der Waals surface area contributed by atoms with Crippen LogP contribution in [-0.2, 0) is 25.7 Å². The van der Waals surface area contributed by atoms with Crippen molar-refractivity contribution in [2.45, 2.75) is 27.3 Å². The van der Waals surface area contributed by atoms with Gasteiger partial charge in [0.2, 0.25) is 5.91 Å². The Labute approximate surface area is 207 Å². The van der Waals surface area contributed by atoms with Crippen LogP contribution in [0.1, 0.15) is 16.7 Å². The predicted molar refractivity (Wildman–Crippen MR) is 139 cm³/mol. The first-order valence-corrected chi connectivity index (χ1v) is 11.5. The summed E-state index contributed by atoms with van der Waals surface area (Å²) in [5.41, 5.74) is 4.77. The van der Waals surface area contributed by atoms with Gasteiger partial charge in [0.05, 0.1) is 17.6 Å². The fourth-order valence-electron chi connectivity index (χ4n) is 4.36. The molecule has 0 spiro atoms. The molecule has 4 rings (SSSR count). The van der Waals surface area contributed by atoms with E-state index in [0.29, 0.717) is 27.5 Å². The van der Waals surface area contributed by atoms with Gasteiger partial charge in [-0.3, -0.25) is 19.2 Å². The van der Waals surface area contributed by atoms with Crippen molar-refractivity contribution in [2.24, 2.45) is 0 Å². The van der Waals surface area contributed by atoms with Crippen molar-refractivity contribution in [3.05, 3.63) is 87.6 Å². The summed E-state index contributed by atoms with van der Waals surface area (Å²) >= 11 is 0. The molecule has 0 aliphatic carbocycles. The van der Waals surface area contributed by atoms with E-state index in [1.165, 1.54) is 0 Å². The van der Waals surface area contributed by atoms with Crippen LogP contribution in [0, 0.1) is 20.8 Å². The number of aromatic nitrogens is 1. The Kier molecular flexibility index (Phi) is 7.15. The van der Waals surface area contributed by atoms with Gasteiger partial charge in [0.15, 0.2) is 12.0 Å². The number of esters is 1. The van der Waals surface area contributed by atoms with Crippen LogP contribution in [0.2, 0.25) is 0 Å². The van der Waals surface area contributed by atoms with E-state index < -0.39 is 18.5 Å². The Morgan fingerprint density at radius 1 is 0.833 bits per heavy atom. The number of para-hydroxylation sites is 2. The minimum absolute atomic E-state index is 0.112. The first kappa shape index (κ1) is 24.7. The molecule has 0 aliphatic heterocycles. The van der Waals surface area contributed by atoms with Crippen LogP contribution < -0.4 is 16.1 Å². The summed E-state index contributed by atoms with van der Waals surface area (Å²) in [6, 6.07) is 18.0. The number of carbonyl (C=O) groups excluding carboxylic acids is 3. The van der Waals surface area contributed by atoms with E-state index in [1.54, 1.807) is 53.1 Å². The lowest BCUT2D eigenvalue weighted by Crippen LogP contribution is -2.36. The van der Waals surface area contributed by atoms with Gasteiger partial charge in [0.25, 0.3) is 5.91 Å². The SMILES string of the molecule is Cc1cc(C)c(NC(=O)CNC(=O)COC(=O)Cn2c3ccccc3c(=O)c3ccccc32)c(C)c1. The summed E-state index contributed by atoms with van der Waals surface area (Å²) in [5, 5.41) is 6.25. The number of benzene rings is 3. The van der Waals surface area contributed by atoms with Gasteiger partial charge in [-0.1, -0.05) is 42.0 Å². The van der Waals surface area contributed by atoms with Gasteiger partial charge in [-0.15, -0.1) is 0 Å². The van der Waals surface area contributed by atoms with Gasteiger partial charge in [-0.25, -0.2) is 0 Å². The number of fused-ring (bicyclic) bond motifs is 2. The van der Waals surface area contributed by atoms with Crippen molar-refractivity contribution < 1.29 is 19.1 Å². The molecule has 0 bridgehead atoms. The van der Waals surface area contributed by atoms with Gasteiger partial charge < -0.3 is 19.9 Å². The summed E-state index contributed by atoms with van der Waals surface area (Å²) in [5.74, 6) is -1.61. The number of hydrogen-bond acceptors (Lipinski definition) is 5. The second-order valence-electron chi connectivity index (χ2n) is 8.71. The van der Waals surface area contributed by atoms with Crippen LogP contribution in [0.4, 0.5) is 5.69 Å². The topological polar surface area (TPSA) is 106 Å². The third kappa shape index (κ3) is 5.27. The minimum atomic E-state index is -0.639. The molecule has 36 heavy (non-hydrogen) atoms. The molecule has 2 amide bonds. The lowest BCUT2D eigenvalue weighted by Gasteiger charge is -2.15. The number of carbonyl (C=O) groups is 3. The molecule has 0 radical (unpaired) electrons. The zero-order valence-electron chi connectivity index (χ0n) is 20.4. The molecule has 0 fully saturated rings. The first-order valence-electron chi connectivity index (χ1n) is 11.5. The van der Waals surface area contributed by atoms with E-state index in [0.717, 1.165) is 16.7 Å². The molecule has 1 aromatic heterocycles. The highest BCUT2D eigenvalue weighted by Gasteiger charge is 2.15. The molecular formula is C28H27N3O5. The van der Waals surface area contributed by atoms with Crippen LogP contribution >= 0.6 is 0 Å². The molecule has 8 nitrogen and oxygen atoms in total. The summed E-state index contributed by atoms with van der Waals surface area (Å²) < 4.78 is 6.86. The Bertz CT molecular complexity index is 1470. The maximum Gasteiger partial charge on any atom is 0.326 e. The molecule has 2 N–H and O–H groups in total. The first-order chi connectivity index (χ1) is 17.2. The standard InChI is InChI=1S/C28H27N3O5/c1-17-12-18(2)27(19(3)13-17)30-24(32)14-29-25(33)16-36-26(34)15-31-22-10-6-4-8-20(22)28(35)21-9-5-7-11-23(21)31/h4-13H,14-16H2,1-3H3,(H,29,33)(H,30,32). The maximum absolute atomic E-state index is 12.8. The molecular weight excluding hydrogens is 458 g/mol. The van der Waals surface area contributed by atoms with E-state index in [4.69, 9.17) is 4.74 Å². The van der Waals surface area contributed by atoms with Crippen LogP contribution in [0.5, 0.6) is 0 Å². The summed E-state index contributed by atoms with van der Waals surface area (Å²) in [6.07, 6.45) is 0. The number of nitrogens with zero attached hydrogens (tertiary/aromatic N) is 1. The molecule has 1 heterocycles. The quantitative estimate of drug-likeness (QED) is 0.308. The van der Waals surface area contributed by atoms with E-state index in [1.807, 2.05) is 32.9 Å². The van der Waals surface area contributed by atoms with Crippen molar-refractivity contribution in [2.75, 3.05) is 18.5 Å². The Morgan fingerprint density at radius 2 is 1.39 bits per heavy atom.